The first-order valence-electron chi connectivity index (χ1n) is 8.01. The number of rotatable bonds is 7. The van der Waals surface area contributed by atoms with Gasteiger partial charge in [0.1, 0.15) is 0 Å². The molecule has 0 atom stereocenters. The molecular formula is C19H18F3NO3. The quantitative estimate of drug-likeness (QED) is 0.762. The number of alkyl halides is 3. The largest absolute Gasteiger partial charge is 0.481 e. The lowest BCUT2D eigenvalue weighted by Gasteiger charge is -2.09. The van der Waals surface area contributed by atoms with Gasteiger partial charge in [0.05, 0.1) is 0 Å². The van der Waals surface area contributed by atoms with Gasteiger partial charge in [0, 0.05) is 24.1 Å². The Kier molecular flexibility index (Phi) is 6.38. The number of nitrogens with one attached hydrogen (secondary N) is 1. The van der Waals surface area contributed by atoms with Gasteiger partial charge in [-0.25, -0.2) is 0 Å². The fourth-order valence-corrected chi connectivity index (χ4v) is 2.37. The van der Waals surface area contributed by atoms with Gasteiger partial charge in [0.15, 0.2) is 0 Å². The fourth-order valence-electron chi connectivity index (χ4n) is 2.37. The van der Waals surface area contributed by atoms with E-state index in [2.05, 4.69) is 5.32 Å². The molecule has 2 aromatic rings. The number of carboxylic acids is 1. The molecule has 0 aromatic heterocycles. The van der Waals surface area contributed by atoms with Crippen LogP contribution in [0.4, 0.5) is 18.9 Å². The standard InChI is InChI=1S/C19H18F3NO3/c20-19(21,22)11-10-13-4-7-15(8-5-13)18(26)23-16-3-1-2-14(12-16)6-9-17(24)25/h1-5,7-8,12H,6,9-11H2,(H,23,26)(H,24,25). The average molecular weight is 365 g/mol. The van der Waals surface area contributed by atoms with Crippen LogP contribution in [0.1, 0.15) is 34.3 Å². The predicted octanol–water partition coefficient (Wildman–Crippen LogP) is 4.45. The normalized spacial score (nSPS) is 11.2. The zero-order valence-electron chi connectivity index (χ0n) is 13.8. The summed E-state index contributed by atoms with van der Waals surface area (Å²) in [5, 5.41) is 11.4. The minimum Gasteiger partial charge on any atom is -0.481 e. The van der Waals surface area contributed by atoms with E-state index in [4.69, 9.17) is 5.11 Å². The molecule has 2 aromatic carbocycles. The third-order valence-electron chi connectivity index (χ3n) is 3.73. The summed E-state index contributed by atoms with van der Waals surface area (Å²) in [6.45, 7) is 0. The van der Waals surface area contributed by atoms with E-state index in [0.29, 0.717) is 23.2 Å². The minimum absolute atomic E-state index is 0.00319. The number of anilines is 1. The highest BCUT2D eigenvalue weighted by Gasteiger charge is 2.26. The Balaban J connectivity index is 1.97. The SMILES string of the molecule is O=C(O)CCc1cccc(NC(=O)c2ccc(CCC(F)(F)F)cc2)c1. The monoisotopic (exact) mass is 365 g/mol. The number of benzene rings is 2. The first-order valence-corrected chi connectivity index (χ1v) is 8.01. The molecule has 0 spiro atoms. The van der Waals surface area contributed by atoms with Crippen molar-refractivity contribution in [3.05, 3.63) is 65.2 Å². The van der Waals surface area contributed by atoms with Gasteiger partial charge < -0.3 is 10.4 Å². The van der Waals surface area contributed by atoms with Crippen LogP contribution in [0.5, 0.6) is 0 Å². The van der Waals surface area contributed by atoms with Crippen LogP contribution < -0.4 is 5.32 Å². The molecule has 0 aliphatic heterocycles. The smallest absolute Gasteiger partial charge is 0.389 e. The molecule has 138 valence electrons. The van der Waals surface area contributed by atoms with E-state index in [1.54, 1.807) is 24.3 Å². The molecule has 0 aliphatic carbocycles. The Morgan fingerprint density at radius 1 is 0.962 bits per heavy atom. The Labute approximate surface area is 148 Å². The van der Waals surface area contributed by atoms with Crippen LogP contribution >= 0.6 is 0 Å². The lowest BCUT2D eigenvalue weighted by atomic mass is 10.1. The second-order valence-corrected chi connectivity index (χ2v) is 5.86. The summed E-state index contributed by atoms with van der Waals surface area (Å²) in [6, 6.07) is 12.8. The molecule has 0 fully saturated rings. The van der Waals surface area contributed by atoms with E-state index in [9.17, 15) is 22.8 Å². The number of hydrogen-bond acceptors (Lipinski definition) is 2. The molecular weight excluding hydrogens is 347 g/mol. The van der Waals surface area contributed by atoms with Crippen molar-refractivity contribution < 1.29 is 27.9 Å². The van der Waals surface area contributed by atoms with Gasteiger partial charge in [-0.3, -0.25) is 9.59 Å². The second kappa shape index (κ2) is 8.51. The molecule has 0 saturated carbocycles. The maximum Gasteiger partial charge on any atom is 0.389 e. The number of carboxylic acid groups (broad SMARTS) is 1. The number of aryl methyl sites for hydroxylation is 2. The van der Waals surface area contributed by atoms with Crippen molar-refractivity contribution in [3.63, 3.8) is 0 Å². The zero-order chi connectivity index (χ0) is 19.2. The van der Waals surface area contributed by atoms with E-state index < -0.39 is 18.6 Å². The van der Waals surface area contributed by atoms with Crippen molar-refractivity contribution in [3.8, 4) is 0 Å². The van der Waals surface area contributed by atoms with Gasteiger partial charge in [0.25, 0.3) is 5.91 Å². The summed E-state index contributed by atoms with van der Waals surface area (Å²) in [5.74, 6) is -1.28. The molecule has 4 nitrogen and oxygen atoms in total. The van der Waals surface area contributed by atoms with Crippen LogP contribution in [-0.2, 0) is 17.6 Å². The first kappa shape index (κ1) is 19.5. The molecule has 2 rings (SSSR count). The van der Waals surface area contributed by atoms with E-state index in [-0.39, 0.29) is 18.7 Å². The van der Waals surface area contributed by atoms with Crippen LogP contribution in [-0.4, -0.2) is 23.2 Å². The molecule has 0 unspecified atom stereocenters. The Morgan fingerprint density at radius 3 is 2.27 bits per heavy atom. The van der Waals surface area contributed by atoms with E-state index in [0.717, 1.165) is 5.56 Å². The highest BCUT2D eigenvalue weighted by Crippen LogP contribution is 2.22. The molecule has 0 radical (unpaired) electrons. The first-order chi connectivity index (χ1) is 12.2. The minimum atomic E-state index is -4.21. The highest BCUT2D eigenvalue weighted by atomic mass is 19.4. The van der Waals surface area contributed by atoms with Gasteiger partial charge in [-0.05, 0) is 48.2 Å². The molecule has 0 aliphatic rings. The lowest BCUT2D eigenvalue weighted by Crippen LogP contribution is -2.12. The predicted molar refractivity (Wildman–Crippen MR) is 91.2 cm³/mol. The highest BCUT2D eigenvalue weighted by molar-refractivity contribution is 6.04. The summed E-state index contributed by atoms with van der Waals surface area (Å²) < 4.78 is 36.7. The Bertz CT molecular complexity index is 770. The van der Waals surface area contributed by atoms with Gasteiger partial charge in [0.2, 0.25) is 0 Å². The lowest BCUT2D eigenvalue weighted by molar-refractivity contribution is -0.137. The van der Waals surface area contributed by atoms with Crippen molar-refractivity contribution in [2.75, 3.05) is 5.32 Å². The van der Waals surface area contributed by atoms with Crippen LogP contribution in [0.3, 0.4) is 0 Å². The number of hydrogen-bond donors (Lipinski definition) is 2. The molecule has 26 heavy (non-hydrogen) atoms. The maximum atomic E-state index is 12.2. The molecule has 0 saturated heterocycles. The summed E-state index contributed by atoms with van der Waals surface area (Å²) >= 11 is 0. The Hall–Kier alpha value is -2.83. The van der Waals surface area contributed by atoms with E-state index >= 15 is 0 Å². The summed E-state index contributed by atoms with van der Waals surface area (Å²) in [4.78, 5) is 22.9. The molecule has 0 heterocycles. The molecule has 0 bridgehead atoms. The third kappa shape index (κ3) is 6.58. The van der Waals surface area contributed by atoms with Gasteiger partial charge in [-0.15, -0.1) is 0 Å². The fraction of sp³-hybridized carbons (Fsp3) is 0.263. The van der Waals surface area contributed by atoms with Crippen molar-refractivity contribution >= 4 is 17.6 Å². The summed E-state index contributed by atoms with van der Waals surface area (Å²) in [6.07, 6.45) is -4.88. The van der Waals surface area contributed by atoms with Crippen molar-refractivity contribution in [2.24, 2.45) is 0 Å². The van der Waals surface area contributed by atoms with Crippen molar-refractivity contribution in [1.29, 1.82) is 0 Å². The third-order valence-corrected chi connectivity index (χ3v) is 3.73. The summed E-state index contributed by atoms with van der Waals surface area (Å²) in [7, 11) is 0. The second-order valence-electron chi connectivity index (χ2n) is 5.86. The van der Waals surface area contributed by atoms with Gasteiger partial charge >= 0.3 is 12.1 Å². The van der Waals surface area contributed by atoms with Gasteiger partial charge in [-0.2, -0.15) is 13.2 Å². The van der Waals surface area contributed by atoms with Gasteiger partial charge in [-0.1, -0.05) is 24.3 Å². The topological polar surface area (TPSA) is 66.4 Å². The van der Waals surface area contributed by atoms with Crippen molar-refractivity contribution in [2.45, 2.75) is 31.9 Å². The number of carbonyl (C=O) groups is 2. The van der Waals surface area contributed by atoms with Crippen LogP contribution in [0.2, 0.25) is 0 Å². The van der Waals surface area contributed by atoms with E-state index in [1.807, 2.05) is 0 Å². The number of amides is 1. The summed E-state index contributed by atoms with van der Waals surface area (Å²) in [5.41, 5.74) is 2.15. The zero-order valence-corrected chi connectivity index (χ0v) is 13.8. The van der Waals surface area contributed by atoms with Crippen LogP contribution in [0.15, 0.2) is 48.5 Å². The maximum absolute atomic E-state index is 12.2. The van der Waals surface area contributed by atoms with Crippen LogP contribution in [0, 0.1) is 0 Å². The average Bonchev–Trinajstić information content (AvgIpc) is 2.58. The van der Waals surface area contributed by atoms with Crippen LogP contribution in [0.25, 0.3) is 0 Å². The molecule has 7 heteroatoms. The number of aliphatic carboxylic acids is 1. The Morgan fingerprint density at radius 2 is 1.65 bits per heavy atom. The van der Waals surface area contributed by atoms with E-state index in [1.165, 1.54) is 24.3 Å². The van der Waals surface area contributed by atoms with Crippen molar-refractivity contribution in [1.82, 2.24) is 0 Å². The molecule has 1 amide bonds. The number of halogens is 3. The molecule has 2 N–H and O–H groups in total. The number of carbonyl (C=O) groups excluding carboxylic acids is 1.